The van der Waals surface area contributed by atoms with Crippen molar-refractivity contribution in [2.75, 3.05) is 14.2 Å². The maximum atomic E-state index is 5.94. The number of hydrogen-bond acceptors (Lipinski definition) is 6. The van der Waals surface area contributed by atoms with E-state index < -0.39 is 0 Å². The summed E-state index contributed by atoms with van der Waals surface area (Å²) in [6, 6.07) is 20.0. The Hall–Kier alpha value is -3.16. The Labute approximate surface area is 183 Å². The smallest absolute Gasteiger partial charge is 0.205 e. The predicted octanol–water partition coefficient (Wildman–Crippen LogP) is 5.28. The van der Waals surface area contributed by atoms with E-state index in [1.54, 1.807) is 36.8 Å². The summed E-state index contributed by atoms with van der Waals surface area (Å²) in [4.78, 5) is 6.33. The Balaban J connectivity index is 1.57. The van der Waals surface area contributed by atoms with Crippen molar-refractivity contribution in [2.24, 2.45) is 10.1 Å². The van der Waals surface area contributed by atoms with E-state index in [9.17, 15) is 0 Å². The lowest BCUT2D eigenvalue weighted by molar-refractivity contribution is 0.284. The summed E-state index contributed by atoms with van der Waals surface area (Å²) in [6.45, 7) is 0.487. The minimum atomic E-state index is 0.487. The van der Waals surface area contributed by atoms with Crippen molar-refractivity contribution in [3.05, 3.63) is 87.4 Å². The van der Waals surface area contributed by atoms with E-state index >= 15 is 0 Å². The van der Waals surface area contributed by atoms with Crippen LogP contribution in [0.4, 0.5) is 0 Å². The van der Waals surface area contributed by atoms with Gasteiger partial charge in [0.2, 0.25) is 4.80 Å². The number of benzene rings is 2. The van der Waals surface area contributed by atoms with E-state index in [0.29, 0.717) is 18.1 Å². The topological polar surface area (TPSA) is 48.1 Å². The molecule has 0 spiro atoms. The van der Waals surface area contributed by atoms with Crippen LogP contribution in [-0.4, -0.2) is 25.0 Å². The maximum Gasteiger partial charge on any atom is 0.205 e. The lowest BCUT2D eigenvalue weighted by Crippen LogP contribution is -2.11. The molecule has 0 bridgehead atoms. The van der Waals surface area contributed by atoms with Gasteiger partial charge in [-0.15, -0.1) is 22.7 Å². The van der Waals surface area contributed by atoms with Gasteiger partial charge in [-0.1, -0.05) is 36.4 Å². The Kier molecular flexibility index (Phi) is 6.41. The normalized spacial score (nSPS) is 11.9. The molecule has 0 atom stereocenters. The van der Waals surface area contributed by atoms with E-state index in [-0.39, 0.29) is 0 Å². The van der Waals surface area contributed by atoms with Crippen molar-refractivity contribution < 1.29 is 9.47 Å². The fourth-order valence-electron chi connectivity index (χ4n) is 2.90. The van der Waals surface area contributed by atoms with E-state index in [0.717, 1.165) is 26.5 Å². The number of thiophene rings is 1. The molecule has 0 N–H and O–H groups in total. The zero-order valence-corrected chi connectivity index (χ0v) is 18.3. The fraction of sp³-hybridized carbons (Fsp3) is 0.130. The summed E-state index contributed by atoms with van der Waals surface area (Å²) < 4.78 is 13.3. The zero-order chi connectivity index (χ0) is 20.8. The van der Waals surface area contributed by atoms with E-state index in [1.165, 1.54) is 0 Å². The van der Waals surface area contributed by atoms with Crippen molar-refractivity contribution in [1.82, 2.24) is 4.68 Å². The van der Waals surface area contributed by atoms with Crippen molar-refractivity contribution in [2.45, 2.75) is 6.61 Å². The lowest BCUT2D eigenvalue weighted by Gasteiger charge is -2.11. The average molecular weight is 436 g/mol. The molecule has 7 heteroatoms. The third-order valence-electron chi connectivity index (χ3n) is 4.40. The Morgan fingerprint density at radius 2 is 1.87 bits per heavy atom. The van der Waals surface area contributed by atoms with Crippen LogP contribution in [0.3, 0.4) is 0 Å². The van der Waals surface area contributed by atoms with E-state index in [1.807, 2.05) is 65.5 Å². The molecule has 152 valence electrons. The van der Waals surface area contributed by atoms with Crippen LogP contribution in [0.15, 0.2) is 81.5 Å². The second-order valence-electron chi connectivity index (χ2n) is 6.35. The van der Waals surface area contributed by atoms with Crippen molar-refractivity contribution in [1.29, 1.82) is 0 Å². The standard InChI is InChI=1S/C23H21N3O2S2/c1-24-23-26(19(16-30-23)22-9-6-12-29-22)25-14-18-10-11-20(21(13-18)27-2)28-15-17-7-4-3-5-8-17/h3-14,16H,15H2,1-2H3. The Morgan fingerprint density at radius 1 is 1.00 bits per heavy atom. The molecule has 0 fully saturated rings. The van der Waals surface area contributed by atoms with Gasteiger partial charge in [0.15, 0.2) is 11.5 Å². The first-order chi connectivity index (χ1) is 14.8. The summed E-state index contributed by atoms with van der Waals surface area (Å²) in [7, 11) is 3.42. The third kappa shape index (κ3) is 4.53. The van der Waals surface area contributed by atoms with Gasteiger partial charge in [-0.3, -0.25) is 4.99 Å². The van der Waals surface area contributed by atoms with Crippen LogP contribution >= 0.6 is 22.7 Å². The van der Waals surface area contributed by atoms with Crippen molar-refractivity contribution in [3.8, 4) is 22.1 Å². The molecule has 4 rings (SSSR count). The molecule has 2 aromatic heterocycles. The lowest BCUT2D eigenvalue weighted by atomic mass is 10.2. The molecule has 0 unspecified atom stereocenters. The minimum absolute atomic E-state index is 0.487. The number of rotatable bonds is 7. The highest BCUT2D eigenvalue weighted by molar-refractivity contribution is 7.14. The summed E-state index contributed by atoms with van der Waals surface area (Å²) in [6.07, 6.45) is 1.81. The molecule has 5 nitrogen and oxygen atoms in total. The van der Waals surface area contributed by atoms with Gasteiger partial charge < -0.3 is 9.47 Å². The zero-order valence-electron chi connectivity index (χ0n) is 16.7. The molecule has 2 heterocycles. The van der Waals surface area contributed by atoms with Gasteiger partial charge >= 0.3 is 0 Å². The monoisotopic (exact) mass is 435 g/mol. The quantitative estimate of drug-likeness (QED) is 0.371. The van der Waals surface area contributed by atoms with Gasteiger partial charge in [0.05, 0.1) is 23.9 Å². The number of aromatic nitrogens is 1. The summed E-state index contributed by atoms with van der Waals surface area (Å²) >= 11 is 3.25. The fourth-order valence-corrected chi connectivity index (χ4v) is 4.50. The van der Waals surface area contributed by atoms with Gasteiger partial charge in [-0.05, 0) is 40.8 Å². The first-order valence-corrected chi connectivity index (χ1v) is 11.1. The highest BCUT2D eigenvalue weighted by Crippen LogP contribution is 2.29. The minimum Gasteiger partial charge on any atom is -0.493 e. The van der Waals surface area contributed by atoms with Crippen molar-refractivity contribution >= 4 is 28.9 Å². The summed E-state index contributed by atoms with van der Waals surface area (Å²) in [5.74, 6) is 1.37. The number of nitrogens with zero attached hydrogens (tertiary/aromatic N) is 3. The largest absolute Gasteiger partial charge is 0.493 e. The van der Waals surface area contributed by atoms with Gasteiger partial charge in [-0.25, -0.2) is 4.68 Å². The van der Waals surface area contributed by atoms with Crippen LogP contribution in [0.5, 0.6) is 11.5 Å². The molecule has 0 radical (unpaired) electrons. The highest BCUT2D eigenvalue weighted by atomic mass is 32.1. The van der Waals surface area contributed by atoms with Crippen molar-refractivity contribution in [3.63, 3.8) is 0 Å². The molecular weight excluding hydrogens is 414 g/mol. The Morgan fingerprint density at radius 3 is 2.60 bits per heavy atom. The molecule has 0 saturated heterocycles. The molecule has 0 aliphatic heterocycles. The van der Waals surface area contributed by atoms with E-state index in [2.05, 4.69) is 26.9 Å². The molecular formula is C23H21N3O2S2. The van der Waals surface area contributed by atoms with Gasteiger partial charge in [0.1, 0.15) is 6.61 Å². The van der Waals surface area contributed by atoms with E-state index in [4.69, 9.17) is 9.47 Å². The number of hydrogen-bond donors (Lipinski definition) is 0. The van der Waals surface area contributed by atoms with Crippen LogP contribution < -0.4 is 14.3 Å². The third-order valence-corrected chi connectivity index (χ3v) is 6.20. The van der Waals surface area contributed by atoms with Gasteiger partial charge in [0, 0.05) is 12.4 Å². The molecule has 2 aromatic carbocycles. The number of ether oxygens (including phenoxy) is 2. The molecule has 4 aromatic rings. The van der Waals surface area contributed by atoms with Crippen LogP contribution in [-0.2, 0) is 6.61 Å². The van der Waals surface area contributed by atoms with Crippen LogP contribution in [0, 0.1) is 0 Å². The number of thiazole rings is 1. The molecule has 30 heavy (non-hydrogen) atoms. The average Bonchev–Trinajstić information content (AvgIpc) is 3.46. The predicted molar refractivity (Wildman–Crippen MR) is 124 cm³/mol. The first kappa shape index (κ1) is 20.1. The van der Waals surface area contributed by atoms with Gasteiger partial charge in [0.25, 0.3) is 0 Å². The summed E-state index contributed by atoms with van der Waals surface area (Å²) in [5, 5.41) is 8.81. The molecule has 0 aliphatic carbocycles. The second-order valence-corrected chi connectivity index (χ2v) is 8.13. The first-order valence-electron chi connectivity index (χ1n) is 9.35. The molecule has 0 amide bonds. The second kappa shape index (κ2) is 9.56. The summed E-state index contributed by atoms with van der Waals surface area (Å²) in [5.41, 5.74) is 3.05. The maximum absolute atomic E-state index is 5.94. The van der Waals surface area contributed by atoms with Crippen LogP contribution in [0.1, 0.15) is 11.1 Å². The number of methoxy groups -OCH3 is 1. The highest BCUT2D eigenvalue weighted by Gasteiger charge is 2.09. The SMILES string of the molecule is CN=c1scc(-c2cccs2)n1N=Cc1ccc(OCc2ccccc2)c(OC)c1. The van der Waals surface area contributed by atoms with Crippen LogP contribution in [0.25, 0.3) is 10.6 Å². The van der Waals surface area contributed by atoms with Gasteiger partial charge in [-0.2, -0.15) is 5.10 Å². The Bertz CT molecular complexity index is 1190. The molecule has 0 aliphatic rings. The van der Waals surface area contributed by atoms with Crippen LogP contribution in [0.2, 0.25) is 0 Å². The molecule has 0 saturated carbocycles.